The molecule has 1 saturated carbocycles. The van der Waals surface area contributed by atoms with E-state index in [0.717, 1.165) is 30.7 Å². The van der Waals surface area contributed by atoms with Gasteiger partial charge in [-0.1, -0.05) is 0 Å². The summed E-state index contributed by atoms with van der Waals surface area (Å²) in [5.74, 6) is 2.43. The zero-order valence-corrected chi connectivity index (χ0v) is 12.9. The lowest BCUT2D eigenvalue weighted by molar-refractivity contribution is 0.292. The normalized spacial score (nSPS) is 28.0. The van der Waals surface area contributed by atoms with Crippen molar-refractivity contribution in [3.05, 3.63) is 36.3 Å². The number of nitrogens with one attached hydrogen (secondary N) is 1. The van der Waals surface area contributed by atoms with E-state index in [1.54, 1.807) is 6.20 Å². The second-order valence-corrected chi connectivity index (χ2v) is 6.50. The van der Waals surface area contributed by atoms with Gasteiger partial charge in [-0.2, -0.15) is 10.2 Å². The molecule has 0 unspecified atom stereocenters. The molecule has 1 aliphatic heterocycles. The van der Waals surface area contributed by atoms with Crippen LogP contribution < -0.4 is 5.32 Å². The fraction of sp³-hybridized carbons (Fsp3) is 0.562. The Morgan fingerprint density at radius 3 is 2.95 bits per heavy atom. The summed E-state index contributed by atoms with van der Waals surface area (Å²) in [6, 6.07) is 6.58. The standard InChI is InChI=1S/C16H22N6/c1-21-13(6-8-18-21)10-22-9-12-4-5-15(14(12)11-22)19-16-3-2-7-17-20-16/h2-3,6-8,12,14-15H,4-5,9-11H2,1H3,(H,19,20)/t12-,14+,15-/m1/s1. The molecular formula is C16H22N6. The number of likely N-dealkylation sites (tertiary alicyclic amines) is 1. The molecule has 2 aliphatic rings. The molecule has 2 aromatic rings. The highest BCUT2D eigenvalue weighted by Crippen LogP contribution is 2.39. The molecule has 3 atom stereocenters. The third-order valence-electron chi connectivity index (χ3n) is 5.15. The topological polar surface area (TPSA) is 58.9 Å². The van der Waals surface area contributed by atoms with Gasteiger partial charge in [0, 0.05) is 45.1 Å². The Bertz CT molecular complexity index is 625. The lowest BCUT2D eigenvalue weighted by Crippen LogP contribution is -2.30. The minimum Gasteiger partial charge on any atom is -0.366 e. The summed E-state index contributed by atoms with van der Waals surface area (Å²) in [6.45, 7) is 3.36. The maximum Gasteiger partial charge on any atom is 0.148 e. The van der Waals surface area contributed by atoms with E-state index in [0.29, 0.717) is 6.04 Å². The van der Waals surface area contributed by atoms with Gasteiger partial charge in [0.05, 0.1) is 5.69 Å². The van der Waals surface area contributed by atoms with Crippen LogP contribution in [0.1, 0.15) is 18.5 Å². The SMILES string of the molecule is Cn1nccc1CN1C[C@H]2CC[C@@H](Nc3cccnn3)[C@H]2C1. The first kappa shape index (κ1) is 13.7. The molecule has 0 bridgehead atoms. The number of fused-ring (bicyclic) bond motifs is 1. The van der Waals surface area contributed by atoms with E-state index in [2.05, 4.69) is 31.6 Å². The van der Waals surface area contributed by atoms with Gasteiger partial charge in [-0.3, -0.25) is 9.58 Å². The van der Waals surface area contributed by atoms with Crippen molar-refractivity contribution >= 4 is 5.82 Å². The Morgan fingerprint density at radius 1 is 1.23 bits per heavy atom. The molecule has 116 valence electrons. The van der Waals surface area contributed by atoms with Crippen LogP contribution in [0.15, 0.2) is 30.6 Å². The number of nitrogens with zero attached hydrogens (tertiary/aromatic N) is 5. The summed E-state index contributed by atoms with van der Waals surface area (Å²) >= 11 is 0. The van der Waals surface area contributed by atoms with E-state index in [1.165, 1.54) is 25.1 Å². The fourth-order valence-electron chi connectivity index (χ4n) is 4.02. The van der Waals surface area contributed by atoms with Crippen molar-refractivity contribution in [1.82, 2.24) is 24.9 Å². The van der Waals surface area contributed by atoms with Crippen LogP contribution in [0.2, 0.25) is 0 Å². The third kappa shape index (κ3) is 2.59. The summed E-state index contributed by atoms with van der Waals surface area (Å²) in [5, 5.41) is 16.0. The van der Waals surface area contributed by atoms with Crippen molar-refractivity contribution in [1.29, 1.82) is 0 Å². The zero-order chi connectivity index (χ0) is 14.9. The number of hydrogen-bond acceptors (Lipinski definition) is 5. The van der Waals surface area contributed by atoms with Gasteiger partial charge in [0.25, 0.3) is 0 Å². The fourth-order valence-corrected chi connectivity index (χ4v) is 4.02. The minimum atomic E-state index is 0.526. The molecule has 6 nitrogen and oxygen atoms in total. The van der Waals surface area contributed by atoms with Crippen LogP contribution in [-0.4, -0.2) is 44.0 Å². The smallest absolute Gasteiger partial charge is 0.148 e. The van der Waals surface area contributed by atoms with Gasteiger partial charge in [0.1, 0.15) is 5.82 Å². The molecule has 4 rings (SSSR count). The highest BCUT2D eigenvalue weighted by Gasteiger charge is 2.42. The van der Waals surface area contributed by atoms with Crippen molar-refractivity contribution < 1.29 is 0 Å². The van der Waals surface area contributed by atoms with Gasteiger partial charge in [-0.05, 0) is 42.9 Å². The molecule has 1 saturated heterocycles. The predicted molar refractivity (Wildman–Crippen MR) is 84.1 cm³/mol. The van der Waals surface area contributed by atoms with Crippen LogP contribution in [0, 0.1) is 11.8 Å². The average Bonchev–Trinajstić information content (AvgIpc) is 3.20. The van der Waals surface area contributed by atoms with E-state index >= 15 is 0 Å². The zero-order valence-electron chi connectivity index (χ0n) is 12.9. The molecule has 1 N–H and O–H groups in total. The molecule has 22 heavy (non-hydrogen) atoms. The van der Waals surface area contributed by atoms with Crippen LogP contribution in [0.25, 0.3) is 0 Å². The first-order valence-electron chi connectivity index (χ1n) is 8.03. The van der Waals surface area contributed by atoms with Crippen molar-refractivity contribution in [3.8, 4) is 0 Å². The van der Waals surface area contributed by atoms with Crippen LogP contribution in [-0.2, 0) is 13.6 Å². The van der Waals surface area contributed by atoms with E-state index in [1.807, 2.05) is 30.1 Å². The van der Waals surface area contributed by atoms with Crippen molar-refractivity contribution in [3.63, 3.8) is 0 Å². The highest BCUT2D eigenvalue weighted by atomic mass is 15.3. The van der Waals surface area contributed by atoms with Crippen molar-refractivity contribution in [2.75, 3.05) is 18.4 Å². The summed E-state index contributed by atoms with van der Waals surface area (Å²) in [4.78, 5) is 2.57. The second-order valence-electron chi connectivity index (χ2n) is 6.50. The first-order chi connectivity index (χ1) is 10.8. The van der Waals surface area contributed by atoms with Gasteiger partial charge in [-0.25, -0.2) is 0 Å². The number of rotatable bonds is 4. The lowest BCUT2D eigenvalue weighted by atomic mass is 9.98. The summed E-state index contributed by atoms with van der Waals surface area (Å²) < 4.78 is 1.98. The number of hydrogen-bond donors (Lipinski definition) is 1. The van der Waals surface area contributed by atoms with Crippen LogP contribution in [0.3, 0.4) is 0 Å². The van der Waals surface area contributed by atoms with Gasteiger partial charge >= 0.3 is 0 Å². The molecule has 2 aromatic heterocycles. The largest absolute Gasteiger partial charge is 0.366 e. The summed E-state index contributed by atoms with van der Waals surface area (Å²) in [5.41, 5.74) is 1.29. The molecule has 0 amide bonds. The Kier molecular flexibility index (Phi) is 3.54. The van der Waals surface area contributed by atoms with Crippen LogP contribution in [0.5, 0.6) is 0 Å². The average molecular weight is 298 g/mol. The maximum absolute atomic E-state index is 4.26. The molecule has 6 heteroatoms. The Morgan fingerprint density at radius 2 is 2.18 bits per heavy atom. The van der Waals surface area contributed by atoms with Gasteiger partial charge in [0.15, 0.2) is 0 Å². The molecule has 0 aromatic carbocycles. The summed E-state index contributed by atoms with van der Waals surface area (Å²) in [6.07, 6.45) is 6.15. The lowest BCUT2D eigenvalue weighted by Gasteiger charge is -2.22. The highest BCUT2D eigenvalue weighted by molar-refractivity contribution is 5.34. The van der Waals surface area contributed by atoms with E-state index in [-0.39, 0.29) is 0 Å². The number of aryl methyl sites for hydroxylation is 1. The van der Waals surface area contributed by atoms with Gasteiger partial charge in [-0.15, -0.1) is 5.10 Å². The van der Waals surface area contributed by atoms with Crippen LogP contribution in [0.4, 0.5) is 5.82 Å². The second kappa shape index (κ2) is 5.68. The third-order valence-corrected chi connectivity index (χ3v) is 5.15. The Labute approximate surface area is 130 Å². The van der Waals surface area contributed by atoms with E-state index < -0.39 is 0 Å². The molecular weight excluding hydrogens is 276 g/mol. The van der Waals surface area contributed by atoms with Crippen molar-refractivity contribution in [2.24, 2.45) is 18.9 Å². The quantitative estimate of drug-likeness (QED) is 0.927. The monoisotopic (exact) mass is 298 g/mol. The number of aromatic nitrogens is 4. The Balaban J connectivity index is 1.40. The van der Waals surface area contributed by atoms with Crippen LogP contribution >= 0.6 is 0 Å². The molecule has 2 fully saturated rings. The number of anilines is 1. The first-order valence-corrected chi connectivity index (χ1v) is 8.03. The van der Waals surface area contributed by atoms with E-state index in [4.69, 9.17) is 0 Å². The summed E-state index contributed by atoms with van der Waals surface area (Å²) in [7, 11) is 2.02. The van der Waals surface area contributed by atoms with Gasteiger partial charge in [0.2, 0.25) is 0 Å². The van der Waals surface area contributed by atoms with Gasteiger partial charge < -0.3 is 5.32 Å². The van der Waals surface area contributed by atoms with E-state index in [9.17, 15) is 0 Å². The molecule has 3 heterocycles. The maximum atomic E-state index is 4.26. The minimum absolute atomic E-state index is 0.526. The van der Waals surface area contributed by atoms with Crippen molar-refractivity contribution in [2.45, 2.75) is 25.4 Å². The molecule has 0 radical (unpaired) electrons. The molecule has 1 aliphatic carbocycles. The Hall–Kier alpha value is -1.95. The predicted octanol–water partition coefficient (Wildman–Crippen LogP) is 1.53. The molecule has 0 spiro atoms.